The van der Waals surface area contributed by atoms with Crippen molar-refractivity contribution in [3.05, 3.63) is 23.8 Å². The monoisotopic (exact) mass is 188 g/mol. The van der Waals surface area contributed by atoms with E-state index < -0.39 is 11.0 Å². The molecule has 2 atom stereocenters. The third-order valence-corrected chi connectivity index (χ3v) is 2.33. The van der Waals surface area contributed by atoms with Gasteiger partial charge in [0.05, 0.1) is 5.57 Å². The van der Waals surface area contributed by atoms with Crippen LogP contribution in [0.2, 0.25) is 0 Å². The van der Waals surface area contributed by atoms with E-state index in [0.717, 1.165) is 0 Å². The van der Waals surface area contributed by atoms with Crippen molar-refractivity contribution < 1.29 is 19.7 Å². The number of epoxide rings is 1. The van der Waals surface area contributed by atoms with Crippen LogP contribution >= 0.6 is 11.6 Å². The highest BCUT2D eigenvalue weighted by atomic mass is 35.5. The van der Waals surface area contributed by atoms with Crippen LogP contribution in [0.5, 0.6) is 0 Å². The number of alkyl halides is 1. The molecule has 2 rings (SSSR count). The van der Waals surface area contributed by atoms with Gasteiger partial charge in [0.2, 0.25) is 5.06 Å². The van der Waals surface area contributed by atoms with Crippen molar-refractivity contribution in [2.45, 2.75) is 11.2 Å². The molecule has 5 heteroatoms. The van der Waals surface area contributed by atoms with Gasteiger partial charge in [-0.05, 0) is 6.08 Å². The predicted molar refractivity (Wildman–Crippen MR) is 39.4 cm³/mol. The van der Waals surface area contributed by atoms with Crippen LogP contribution in [0, 0.1) is 0 Å². The first-order valence-electron chi connectivity index (χ1n) is 3.30. The molecule has 0 amide bonds. The summed E-state index contributed by atoms with van der Waals surface area (Å²) in [5.41, 5.74) is 0.124. The highest BCUT2D eigenvalue weighted by Gasteiger charge is 2.60. The first-order valence-corrected chi connectivity index (χ1v) is 3.67. The topological polar surface area (TPSA) is 59.1 Å². The Bertz CT molecular complexity index is 296. The quantitative estimate of drug-likeness (QED) is 0.287. The molecule has 64 valence electrons. The van der Waals surface area contributed by atoms with E-state index in [-0.39, 0.29) is 11.7 Å². The van der Waals surface area contributed by atoms with Gasteiger partial charge in [-0.1, -0.05) is 23.8 Å². The maximum atomic E-state index is 10.9. The molecule has 1 N–H and O–H groups in total. The van der Waals surface area contributed by atoms with Crippen LogP contribution in [0.15, 0.2) is 23.8 Å². The number of rotatable bonds is 1. The lowest BCUT2D eigenvalue weighted by Crippen LogP contribution is -2.20. The standard InChI is InChI=1S/C7H5ClO4/c8-7-4(6(9)12-10)2-1-3-5(7)11-7/h1-3,5,10H. The Morgan fingerprint density at radius 3 is 3.25 bits per heavy atom. The minimum atomic E-state index is -1.10. The molecule has 0 radical (unpaired) electrons. The number of fused-ring (bicyclic) bond motifs is 1. The van der Waals surface area contributed by atoms with Gasteiger partial charge in [0.1, 0.15) is 6.10 Å². The summed E-state index contributed by atoms with van der Waals surface area (Å²) in [6.07, 6.45) is 4.53. The second kappa shape index (κ2) is 2.32. The van der Waals surface area contributed by atoms with Crippen LogP contribution in [0.4, 0.5) is 0 Å². The molecular formula is C7H5ClO4. The van der Waals surface area contributed by atoms with Gasteiger partial charge >= 0.3 is 5.97 Å². The molecule has 4 nitrogen and oxygen atoms in total. The van der Waals surface area contributed by atoms with E-state index in [9.17, 15) is 4.79 Å². The Hall–Kier alpha value is -0.840. The molecule has 1 fully saturated rings. The van der Waals surface area contributed by atoms with Crippen LogP contribution < -0.4 is 0 Å². The fourth-order valence-electron chi connectivity index (χ4n) is 1.15. The molecule has 0 saturated carbocycles. The molecule has 2 aliphatic rings. The molecule has 1 heterocycles. The zero-order chi connectivity index (χ0) is 8.77. The maximum Gasteiger partial charge on any atom is 0.373 e. The van der Waals surface area contributed by atoms with E-state index in [2.05, 4.69) is 4.89 Å². The van der Waals surface area contributed by atoms with Gasteiger partial charge in [-0.15, -0.1) is 0 Å². The number of ether oxygens (including phenoxy) is 1. The van der Waals surface area contributed by atoms with E-state index in [1.54, 1.807) is 12.2 Å². The van der Waals surface area contributed by atoms with Gasteiger partial charge in [-0.2, -0.15) is 5.26 Å². The largest absolute Gasteiger partial charge is 0.373 e. The van der Waals surface area contributed by atoms with Crippen molar-refractivity contribution in [2.75, 3.05) is 0 Å². The number of carbonyl (C=O) groups is 1. The summed E-state index contributed by atoms with van der Waals surface area (Å²) in [4.78, 5) is 14.4. The summed E-state index contributed by atoms with van der Waals surface area (Å²) >= 11 is 5.83. The zero-order valence-corrected chi connectivity index (χ0v) is 6.62. The Labute approximate surface area is 73.0 Å². The SMILES string of the molecule is O=C(OO)C1=CC=CC2OC12Cl. The Morgan fingerprint density at radius 2 is 2.58 bits per heavy atom. The second-order valence-electron chi connectivity index (χ2n) is 2.53. The predicted octanol–water partition coefficient (Wildman–Crippen LogP) is 0.833. The lowest BCUT2D eigenvalue weighted by atomic mass is 10.1. The summed E-state index contributed by atoms with van der Waals surface area (Å²) in [6.45, 7) is 0. The van der Waals surface area contributed by atoms with Crippen LogP contribution in [0.25, 0.3) is 0 Å². The molecule has 0 spiro atoms. The summed E-state index contributed by atoms with van der Waals surface area (Å²) < 4.78 is 5.00. The summed E-state index contributed by atoms with van der Waals surface area (Å²) in [5, 5.41) is 7.01. The van der Waals surface area contributed by atoms with Crippen LogP contribution in [-0.2, 0) is 14.4 Å². The number of carbonyl (C=O) groups excluding carboxylic acids is 1. The lowest BCUT2D eigenvalue weighted by Gasteiger charge is -2.07. The van der Waals surface area contributed by atoms with Gasteiger partial charge in [-0.25, -0.2) is 4.79 Å². The van der Waals surface area contributed by atoms with E-state index in [1.807, 2.05) is 0 Å². The van der Waals surface area contributed by atoms with Gasteiger partial charge in [0, 0.05) is 0 Å². The van der Waals surface area contributed by atoms with E-state index in [0.29, 0.717) is 0 Å². The smallest absolute Gasteiger partial charge is 0.340 e. The van der Waals surface area contributed by atoms with E-state index in [4.69, 9.17) is 21.6 Å². The normalized spacial score (nSPS) is 36.8. The Balaban J connectivity index is 2.29. The third-order valence-electron chi connectivity index (χ3n) is 1.83. The number of allylic oxidation sites excluding steroid dienone is 2. The van der Waals surface area contributed by atoms with Gasteiger partial charge in [0.25, 0.3) is 0 Å². The first kappa shape index (κ1) is 7.79. The highest BCUT2D eigenvalue weighted by Crippen LogP contribution is 2.49. The molecular weight excluding hydrogens is 184 g/mol. The number of halogens is 1. The summed E-state index contributed by atoms with van der Waals surface area (Å²) in [7, 11) is 0. The third kappa shape index (κ3) is 0.891. The molecule has 1 aliphatic carbocycles. The summed E-state index contributed by atoms with van der Waals surface area (Å²) in [6, 6.07) is 0. The van der Waals surface area contributed by atoms with Crippen LogP contribution in [0.3, 0.4) is 0 Å². The maximum absolute atomic E-state index is 10.9. The van der Waals surface area contributed by atoms with Gasteiger partial charge < -0.3 is 4.74 Å². The lowest BCUT2D eigenvalue weighted by molar-refractivity contribution is -0.229. The molecule has 1 aliphatic heterocycles. The summed E-state index contributed by atoms with van der Waals surface area (Å²) in [5.74, 6) is -0.878. The molecule has 12 heavy (non-hydrogen) atoms. The van der Waals surface area contributed by atoms with Crippen molar-refractivity contribution in [3.8, 4) is 0 Å². The van der Waals surface area contributed by atoms with Crippen molar-refractivity contribution in [3.63, 3.8) is 0 Å². The van der Waals surface area contributed by atoms with Crippen molar-refractivity contribution in [2.24, 2.45) is 0 Å². The molecule has 1 saturated heterocycles. The average molecular weight is 189 g/mol. The van der Waals surface area contributed by atoms with E-state index in [1.165, 1.54) is 6.08 Å². The van der Waals surface area contributed by atoms with Crippen molar-refractivity contribution >= 4 is 17.6 Å². The number of hydrogen-bond donors (Lipinski definition) is 1. The van der Waals surface area contributed by atoms with Crippen LogP contribution in [0.1, 0.15) is 0 Å². The zero-order valence-electron chi connectivity index (χ0n) is 5.86. The van der Waals surface area contributed by atoms with Crippen molar-refractivity contribution in [1.82, 2.24) is 0 Å². The fourth-order valence-corrected chi connectivity index (χ4v) is 1.46. The molecule has 0 aromatic heterocycles. The Morgan fingerprint density at radius 1 is 1.83 bits per heavy atom. The molecule has 0 aromatic carbocycles. The minimum absolute atomic E-state index is 0.124. The van der Waals surface area contributed by atoms with E-state index >= 15 is 0 Å². The first-order chi connectivity index (χ1) is 5.68. The average Bonchev–Trinajstić information content (AvgIpc) is 2.74. The molecule has 0 aromatic rings. The van der Waals surface area contributed by atoms with Gasteiger partial charge in [-0.3, -0.25) is 4.89 Å². The number of hydrogen-bond acceptors (Lipinski definition) is 4. The molecule has 0 bridgehead atoms. The van der Waals surface area contributed by atoms with Gasteiger partial charge in [0.15, 0.2) is 0 Å². The fraction of sp³-hybridized carbons (Fsp3) is 0.286. The minimum Gasteiger partial charge on any atom is -0.340 e. The molecule has 2 unspecified atom stereocenters. The Kier molecular flexibility index (Phi) is 1.51. The van der Waals surface area contributed by atoms with Crippen LogP contribution in [-0.4, -0.2) is 22.4 Å². The van der Waals surface area contributed by atoms with Crippen molar-refractivity contribution in [1.29, 1.82) is 0 Å². The second-order valence-corrected chi connectivity index (χ2v) is 3.09. The highest BCUT2D eigenvalue weighted by molar-refractivity contribution is 6.30.